The maximum Gasteiger partial charge on any atom is 0.251 e. The lowest BCUT2D eigenvalue weighted by atomic mass is 10.1. The van der Waals surface area contributed by atoms with E-state index in [-0.39, 0.29) is 18.3 Å². The minimum Gasteiger partial charge on any atom is -0.454 e. The summed E-state index contributed by atoms with van der Waals surface area (Å²) < 4.78 is 10.6. The average molecular weight is 378 g/mol. The molecule has 0 unspecified atom stereocenters. The van der Waals surface area contributed by atoms with Crippen molar-refractivity contribution >= 4 is 16.8 Å². The largest absolute Gasteiger partial charge is 0.454 e. The number of aromatic nitrogens is 1. The number of ether oxygens (including phenoxy) is 2. The number of hydrogen-bond donors (Lipinski definition) is 2. The van der Waals surface area contributed by atoms with Gasteiger partial charge in [-0.2, -0.15) is 0 Å². The summed E-state index contributed by atoms with van der Waals surface area (Å²) in [6, 6.07) is 13.6. The second-order valence-corrected chi connectivity index (χ2v) is 7.00. The Morgan fingerprint density at radius 1 is 1.07 bits per heavy atom. The number of nitrogens with one attached hydrogen (secondary N) is 2. The van der Waals surface area contributed by atoms with Gasteiger partial charge < -0.3 is 19.8 Å². The topological polar surface area (TPSA) is 80.4 Å². The first-order chi connectivity index (χ1) is 13.6. The Morgan fingerprint density at radius 2 is 1.93 bits per heavy atom. The number of carbonyl (C=O) groups is 1. The first-order valence-electron chi connectivity index (χ1n) is 9.36. The van der Waals surface area contributed by atoms with Crippen LogP contribution in [0.15, 0.2) is 47.3 Å². The molecule has 0 spiro atoms. The van der Waals surface area contributed by atoms with Gasteiger partial charge in [0.15, 0.2) is 11.5 Å². The summed E-state index contributed by atoms with van der Waals surface area (Å²) in [5.74, 6) is 1.43. The number of aryl methyl sites for hydroxylation is 2. The highest BCUT2D eigenvalue weighted by Crippen LogP contribution is 2.32. The number of H-pyrrole nitrogens is 1. The molecule has 0 saturated heterocycles. The van der Waals surface area contributed by atoms with E-state index in [0.29, 0.717) is 31.4 Å². The Kier molecular flexibility index (Phi) is 5.02. The van der Waals surface area contributed by atoms with Crippen molar-refractivity contribution in [3.8, 4) is 11.5 Å². The van der Waals surface area contributed by atoms with E-state index in [1.807, 2.05) is 49.4 Å². The molecule has 3 aromatic rings. The first-order valence-corrected chi connectivity index (χ1v) is 9.36. The Hall–Kier alpha value is -3.28. The van der Waals surface area contributed by atoms with Crippen LogP contribution in [0, 0.1) is 6.92 Å². The maximum absolute atomic E-state index is 12.2. The third-order valence-corrected chi connectivity index (χ3v) is 4.87. The standard InChI is InChI=1S/C22H22N2O4/c1-14-2-5-16-12-17(22(26)24-18(16)10-14)8-9-23-21(25)7-4-15-3-6-19-20(11-15)28-13-27-19/h2-3,5-6,10-12H,4,7-9,13H2,1H3,(H,23,25)(H,24,26). The van der Waals surface area contributed by atoms with E-state index in [1.165, 1.54) is 0 Å². The number of hydrogen-bond acceptors (Lipinski definition) is 4. The second kappa shape index (κ2) is 7.76. The van der Waals surface area contributed by atoms with Gasteiger partial charge in [0, 0.05) is 24.0 Å². The fourth-order valence-corrected chi connectivity index (χ4v) is 3.33. The molecule has 1 aliphatic heterocycles. The summed E-state index contributed by atoms with van der Waals surface area (Å²) in [4.78, 5) is 27.3. The van der Waals surface area contributed by atoms with Crippen LogP contribution in [0.5, 0.6) is 11.5 Å². The van der Waals surface area contributed by atoms with Crippen LogP contribution in [0.25, 0.3) is 10.9 Å². The highest BCUT2D eigenvalue weighted by Gasteiger charge is 2.13. The van der Waals surface area contributed by atoms with E-state index in [0.717, 1.165) is 33.5 Å². The highest BCUT2D eigenvalue weighted by atomic mass is 16.7. The molecule has 0 radical (unpaired) electrons. The number of benzene rings is 2. The highest BCUT2D eigenvalue weighted by molar-refractivity contribution is 5.79. The maximum atomic E-state index is 12.2. The van der Waals surface area contributed by atoms with E-state index >= 15 is 0 Å². The molecule has 2 N–H and O–H groups in total. The molecule has 1 aromatic heterocycles. The third kappa shape index (κ3) is 4.01. The molecule has 28 heavy (non-hydrogen) atoms. The van der Waals surface area contributed by atoms with Crippen LogP contribution in [-0.2, 0) is 17.6 Å². The van der Waals surface area contributed by atoms with Crippen molar-refractivity contribution in [2.24, 2.45) is 0 Å². The van der Waals surface area contributed by atoms with Crippen molar-refractivity contribution in [2.75, 3.05) is 13.3 Å². The summed E-state index contributed by atoms with van der Waals surface area (Å²) >= 11 is 0. The van der Waals surface area contributed by atoms with Gasteiger partial charge in [-0.1, -0.05) is 18.2 Å². The van der Waals surface area contributed by atoms with Gasteiger partial charge in [-0.05, 0) is 60.5 Å². The Morgan fingerprint density at radius 3 is 2.82 bits per heavy atom. The second-order valence-electron chi connectivity index (χ2n) is 7.00. The summed E-state index contributed by atoms with van der Waals surface area (Å²) in [6.07, 6.45) is 1.50. The van der Waals surface area contributed by atoms with Gasteiger partial charge in [0.1, 0.15) is 0 Å². The van der Waals surface area contributed by atoms with Crippen LogP contribution in [-0.4, -0.2) is 24.2 Å². The zero-order chi connectivity index (χ0) is 19.5. The minimum absolute atomic E-state index is 0.0366. The SMILES string of the molecule is Cc1ccc2cc(CCNC(=O)CCc3ccc4c(c3)OCO4)c(=O)[nH]c2c1. The third-order valence-electron chi connectivity index (χ3n) is 4.87. The molecule has 2 aromatic carbocycles. The predicted molar refractivity (Wildman–Crippen MR) is 107 cm³/mol. The molecular weight excluding hydrogens is 356 g/mol. The predicted octanol–water partition coefficient (Wildman–Crippen LogP) is 2.86. The number of amides is 1. The minimum atomic E-state index is -0.104. The van der Waals surface area contributed by atoms with Crippen molar-refractivity contribution in [2.45, 2.75) is 26.2 Å². The van der Waals surface area contributed by atoms with E-state index in [1.54, 1.807) is 0 Å². The molecule has 0 aliphatic carbocycles. The van der Waals surface area contributed by atoms with Gasteiger partial charge in [-0.3, -0.25) is 9.59 Å². The smallest absolute Gasteiger partial charge is 0.251 e. The molecular formula is C22H22N2O4. The van der Waals surface area contributed by atoms with Crippen molar-refractivity contribution in [3.05, 3.63) is 69.5 Å². The molecule has 0 fully saturated rings. The quantitative estimate of drug-likeness (QED) is 0.691. The van der Waals surface area contributed by atoms with Crippen molar-refractivity contribution in [1.29, 1.82) is 0 Å². The molecule has 1 amide bonds. The Bertz CT molecular complexity index is 1090. The van der Waals surface area contributed by atoms with Crippen LogP contribution < -0.4 is 20.3 Å². The Labute approximate surface area is 162 Å². The molecule has 0 bridgehead atoms. The van der Waals surface area contributed by atoms with Crippen LogP contribution in [0.2, 0.25) is 0 Å². The monoisotopic (exact) mass is 378 g/mol. The number of carbonyl (C=O) groups excluding carboxylic acids is 1. The molecule has 6 heteroatoms. The van der Waals surface area contributed by atoms with Crippen LogP contribution in [0.4, 0.5) is 0 Å². The lowest BCUT2D eigenvalue weighted by molar-refractivity contribution is -0.121. The van der Waals surface area contributed by atoms with Gasteiger partial charge in [0.05, 0.1) is 0 Å². The summed E-state index contributed by atoms with van der Waals surface area (Å²) in [6.45, 7) is 2.66. The average Bonchev–Trinajstić information content (AvgIpc) is 3.14. The van der Waals surface area contributed by atoms with Crippen LogP contribution in [0.3, 0.4) is 0 Å². The van der Waals surface area contributed by atoms with E-state index in [4.69, 9.17) is 9.47 Å². The fourth-order valence-electron chi connectivity index (χ4n) is 3.33. The Balaban J connectivity index is 1.29. The lowest BCUT2D eigenvalue weighted by Crippen LogP contribution is -2.27. The molecule has 2 heterocycles. The van der Waals surface area contributed by atoms with Gasteiger partial charge >= 0.3 is 0 Å². The van der Waals surface area contributed by atoms with E-state index in [2.05, 4.69) is 10.3 Å². The zero-order valence-electron chi connectivity index (χ0n) is 15.7. The fraction of sp³-hybridized carbons (Fsp3) is 0.273. The van der Waals surface area contributed by atoms with E-state index in [9.17, 15) is 9.59 Å². The number of fused-ring (bicyclic) bond motifs is 2. The van der Waals surface area contributed by atoms with Gasteiger partial charge in [0.2, 0.25) is 12.7 Å². The summed E-state index contributed by atoms with van der Waals surface area (Å²) in [7, 11) is 0. The molecule has 0 atom stereocenters. The number of pyridine rings is 1. The normalized spacial score (nSPS) is 12.3. The molecule has 0 saturated carbocycles. The van der Waals surface area contributed by atoms with Gasteiger partial charge in [-0.25, -0.2) is 0 Å². The summed E-state index contributed by atoms with van der Waals surface area (Å²) in [5.41, 5.74) is 3.54. The van der Waals surface area contributed by atoms with Crippen molar-refractivity contribution < 1.29 is 14.3 Å². The number of aromatic amines is 1. The summed E-state index contributed by atoms with van der Waals surface area (Å²) in [5, 5.41) is 3.89. The molecule has 6 nitrogen and oxygen atoms in total. The van der Waals surface area contributed by atoms with Crippen molar-refractivity contribution in [3.63, 3.8) is 0 Å². The molecule has 144 valence electrons. The zero-order valence-corrected chi connectivity index (χ0v) is 15.7. The van der Waals surface area contributed by atoms with Crippen molar-refractivity contribution in [1.82, 2.24) is 10.3 Å². The molecule has 4 rings (SSSR count). The van der Waals surface area contributed by atoms with Gasteiger partial charge in [-0.15, -0.1) is 0 Å². The molecule has 1 aliphatic rings. The van der Waals surface area contributed by atoms with Crippen LogP contribution >= 0.6 is 0 Å². The van der Waals surface area contributed by atoms with Crippen LogP contribution in [0.1, 0.15) is 23.1 Å². The van der Waals surface area contributed by atoms with Gasteiger partial charge in [0.25, 0.3) is 5.56 Å². The number of rotatable bonds is 6. The van der Waals surface area contributed by atoms with E-state index < -0.39 is 0 Å². The lowest BCUT2D eigenvalue weighted by Gasteiger charge is -2.07. The first kappa shape index (κ1) is 18.1.